The molecule has 1 rings (SSSR count). The van der Waals surface area contributed by atoms with Gasteiger partial charge in [-0.1, -0.05) is 0 Å². The van der Waals surface area contributed by atoms with Crippen LogP contribution in [0.5, 0.6) is 0 Å². The minimum atomic E-state index is -0.164. The number of aliphatic hydroxyl groups is 1. The summed E-state index contributed by atoms with van der Waals surface area (Å²) in [5, 5.41) is 8.72. The lowest BCUT2D eigenvalue weighted by atomic mass is 9.97. The molecular formula is C15H28N2O4. The third-order valence-corrected chi connectivity index (χ3v) is 3.99. The number of carbonyl (C=O) groups excluding carboxylic acids is 2. The Morgan fingerprint density at radius 1 is 1.24 bits per heavy atom. The molecule has 0 saturated carbocycles. The maximum Gasteiger partial charge on any atom is 0.308 e. The van der Waals surface area contributed by atoms with Gasteiger partial charge in [0.2, 0.25) is 5.91 Å². The first-order valence-corrected chi connectivity index (χ1v) is 7.73. The molecule has 0 aromatic heterocycles. The van der Waals surface area contributed by atoms with Gasteiger partial charge in [-0.25, -0.2) is 0 Å². The number of likely N-dealkylation sites (N-methyl/N-ethyl adjacent to an activating group) is 1. The Morgan fingerprint density at radius 2 is 1.90 bits per heavy atom. The molecule has 1 fully saturated rings. The first-order valence-electron chi connectivity index (χ1n) is 7.73. The van der Waals surface area contributed by atoms with Crippen LogP contribution >= 0.6 is 0 Å². The van der Waals surface area contributed by atoms with Crippen molar-refractivity contribution in [3.63, 3.8) is 0 Å². The molecule has 0 bridgehead atoms. The molecule has 1 saturated heterocycles. The van der Waals surface area contributed by atoms with Crippen LogP contribution in [0.3, 0.4) is 0 Å². The fourth-order valence-corrected chi connectivity index (χ4v) is 2.61. The van der Waals surface area contributed by atoms with Crippen molar-refractivity contribution in [2.45, 2.75) is 32.1 Å². The highest BCUT2D eigenvalue weighted by molar-refractivity contribution is 5.79. The summed E-state index contributed by atoms with van der Waals surface area (Å²) in [6, 6.07) is 0. The predicted octanol–water partition coefficient (Wildman–Crippen LogP) is 0.492. The second-order valence-corrected chi connectivity index (χ2v) is 5.70. The van der Waals surface area contributed by atoms with E-state index in [0.29, 0.717) is 32.5 Å². The van der Waals surface area contributed by atoms with E-state index in [1.165, 1.54) is 7.11 Å². The number of ether oxygens (including phenoxy) is 1. The molecule has 0 aromatic rings. The van der Waals surface area contributed by atoms with Gasteiger partial charge >= 0.3 is 5.97 Å². The SMILES string of the molecule is COC(=O)C1CCN(C(=O)CN(C)CCCCCO)CC1. The van der Waals surface area contributed by atoms with Gasteiger partial charge in [-0.05, 0) is 45.7 Å². The van der Waals surface area contributed by atoms with Crippen molar-refractivity contribution in [1.29, 1.82) is 0 Å². The highest BCUT2D eigenvalue weighted by Gasteiger charge is 2.27. The normalized spacial score (nSPS) is 16.3. The monoisotopic (exact) mass is 300 g/mol. The van der Waals surface area contributed by atoms with Gasteiger partial charge in [0.25, 0.3) is 0 Å². The highest BCUT2D eigenvalue weighted by Crippen LogP contribution is 2.18. The van der Waals surface area contributed by atoms with E-state index < -0.39 is 0 Å². The molecule has 0 atom stereocenters. The molecule has 0 aromatic carbocycles. The third-order valence-electron chi connectivity index (χ3n) is 3.99. The minimum absolute atomic E-state index is 0.0599. The molecule has 0 radical (unpaired) electrons. The second kappa shape index (κ2) is 9.73. The number of likely N-dealkylation sites (tertiary alicyclic amines) is 1. The number of aliphatic hydroxyl groups excluding tert-OH is 1. The zero-order valence-corrected chi connectivity index (χ0v) is 13.2. The van der Waals surface area contributed by atoms with Crippen LogP contribution in [0.25, 0.3) is 0 Å². The molecule has 21 heavy (non-hydrogen) atoms. The number of nitrogens with zero attached hydrogens (tertiary/aromatic N) is 2. The van der Waals surface area contributed by atoms with Crippen molar-refractivity contribution in [2.24, 2.45) is 5.92 Å². The molecule has 1 aliphatic rings. The van der Waals surface area contributed by atoms with E-state index in [9.17, 15) is 9.59 Å². The summed E-state index contributed by atoms with van der Waals surface area (Å²) in [5.41, 5.74) is 0. The number of hydrogen-bond acceptors (Lipinski definition) is 5. The molecule has 6 nitrogen and oxygen atoms in total. The van der Waals surface area contributed by atoms with Crippen LogP contribution < -0.4 is 0 Å². The zero-order valence-electron chi connectivity index (χ0n) is 13.2. The molecule has 1 aliphatic heterocycles. The maximum absolute atomic E-state index is 12.2. The Bertz CT molecular complexity index is 328. The molecule has 0 spiro atoms. The number of esters is 1. The zero-order chi connectivity index (χ0) is 15.7. The Morgan fingerprint density at radius 3 is 2.48 bits per heavy atom. The van der Waals surface area contributed by atoms with E-state index in [0.717, 1.165) is 25.8 Å². The molecule has 1 amide bonds. The maximum atomic E-state index is 12.2. The number of hydrogen-bond donors (Lipinski definition) is 1. The minimum Gasteiger partial charge on any atom is -0.469 e. The van der Waals surface area contributed by atoms with E-state index in [1.807, 2.05) is 16.8 Å². The first-order chi connectivity index (χ1) is 10.1. The van der Waals surface area contributed by atoms with E-state index in [1.54, 1.807) is 0 Å². The first kappa shape index (κ1) is 17.9. The van der Waals surface area contributed by atoms with E-state index in [4.69, 9.17) is 9.84 Å². The summed E-state index contributed by atoms with van der Waals surface area (Å²) >= 11 is 0. The van der Waals surface area contributed by atoms with Gasteiger partial charge in [-0.2, -0.15) is 0 Å². The summed E-state index contributed by atoms with van der Waals surface area (Å²) in [4.78, 5) is 27.5. The van der Waals surface area contributed by atoms with Crippen LogP contribution in [-0.2, 0) is 14.3 Å². The molecule has 1 N–H and O–H groups in total. The number of amides is 1. The number of methoxy groups -OCH3 is 1. The van der Waals surface area contributed by atoms with Crippen LogP contribution in [0.2, 0.25) is 0 Å². The summed E-state index contributed by atoms with van der Waals surface area (Å²) in [6.45, 7) is 2.79. The highest BCUT2D eigenvalue weighted by atomic mass is 16.5. The summed E-state index contributed by atoms with van der Waals surface area (Å²) in [5.74, 6) is -0.0960. The molecular weight excluding hydrogens is 272 g/mol. The lowest BCUT2D eigenvalue weighted by molar-refractivity contribution is -0.149. The largest absolute Gasteiger partial charge is 0.469 e. The van der Waals surface area contributed by atoms with Gasteiger partial charge in [-0.15, -0.1) is 0 Å². The van der Waals surface area contributed by atoms with Crippen molar-refractivity contribution < 1.29 is 19.4 Å². The lowest BCUT2D eigenvalue weighted by Crippen LogP contribution is -2.44. The quantitative estimate of drug-likeness (QED) is 0.522. The van der Waals surface area contributed by atoms with Crippen LogP contribution in [0.4, 0.5) is 0 Å². The van der Waals surface area contributed by atoms with Gasteiger partial charge < -0.3 is 14.7 Å². The molecule has 1 heterocycles. The average molecular weight is 300 g/mol. The number of unbranched alkanes of at least 4 members (excludes halogenated alkanes) is 2. The Labute approximate surface area is 127 Å². The topological polar surface area (TPSA) is 70.1 Å². The summed E-state index contributed by atoms with van der Waals surface area (Å²) in [6.07, 6.45) is 4.19. The predicted molar refractivity (Wildman–Crippen MR) is 79.8 cm³/mol. The smallest absolute Gasteiger partial charge is 0.308 e. The average Bonchev–Trinajstić information content (AvgIpc) is 2.51. The van der Waals surface area contributed by atoms with Crippen LogP contribution in [0.15, 0.2) is 0 Å². The fourth-order valence-electron chi connectivity index (χ4n) is 2.61. The van der Waals surface area contributed by atoms with Gasteiger partial charge in [0, 0.05) is 19.7 Å². The van der Waals surface area contributed by atoms with Crippen molar-refractivity contribution >= 4 is 11.9 Å². The van der Waals surface area contributed by atoms with Crippen molar-refractivity contribution in [3.8, 4) is 0 Å². The molecule has 6 heteroatoms. The molecule has 0 aliphatic carbocycles. The standard InChI is InChI=1S/C15H28N2O4/c1-16(8-4-3-5-11-18)12-14(19)17-9-6-13(7-10-17)15(20)21-2/h13,18H,3-12H2,1-2H3. The van der Waals surface area contributed by atoms with Gasteiger partial charge in [-0.3, -0.25) is 14.5 Å². The Hall–Kier alpha value is -1.14. The van der Waals surface area contributed by atoms with Crippen LogP contribution in [0.1, 0.15) is 32.1 Å². The molecule has 0 unspecified atom stereocenters. The Balaban J connectivity index is 2.22. The number of rotatable bonds is 8. The van der Waals surface area contributed by atoms with Crippen molar-refractivity contribution in [2.75, 3.05) is 46.9 Å². The van der Waals surface area contributed by atoms with Crippen molar-refractivity contribution in [1.82, 2.24) is 9.80 Å². The van der Waals surface area contributed by atoms with E-state index >= 15 is 0 Å². The van der Waals surface area contributed by atoms with E-state index in [2.05, 4.69) is 0 Å². The lowest BCUT2D eigenvalue weighted by Gasteiger charge is -2.32. The van der Waals surface area contributed by atoms with Gasteiger partial charge in [0.1, 0.15) is 0 Å². The van der Waals surface area contributed by atoms with Crippen LogP contribution in [0, 0.1) is 5.92 Å². The summed E-state index contributed by atoms with van der Waals surface area (Å²) < 4.78 is 4.75. The molecule has 122 valence electrons. The van der Waals surface area contributed by atoms with Gasteiger partial charge in [0.05, 0.1) is 19.6 Å². The van der Waals surface area contributed by atoms with Gasteiger partial charge in [0.15, 0.2) is 0 Å². The van der Waals surface area contributed by atoms with Crippen molar-refractivity contribution in [3.05, 3.63) is 0 Å². The Kier molecular flexibility index (Phi) is 8.30. The third kappa shape index (κ3) is 6.44. The van der Waals surface area contributed by atoms with E-state index in [-0.39, 0.29) is 24.4 Å². The fraction of sp³-hybridized carbons (Fsp3) is 0.867. The summed E-state index contributed by atoms with van der Waals surface area (Å²) in [7, 11) is 3.35. The second-order valence-electron chi connectivity index (χ2n) is 5.70. The number of carbonyl (C=O) groups is 2. The van der Waals surface area contributed by atoms with Crippen LogP contribution in [-0.4, -0.2) is 73.7 Å². The number of piperidine rings is 1.